The molecule has 0 bridgehead atoms. The van der Waals surface area contributed by atoms with E-state index in [2.05, 4.69) is 10.1 Å². The second-order valence-electron chi connectivity index (χ2n) is 7.31. The van der Waals surface area contributed by atoms with E-state index in [1.807, 2.05) is 60.7 Å². The largest absolute Gasteiger partial charge is 0.481 e. The van der Waals surface area contributed by atoms with Gasteiger partial charge in [0.2, 0.25) is 0 Å². The number of carboxylic acid groups (broad SMARTS) is 1. The van der Waals surface area contributed by atoms with Crippen molar-refractivity contribution >= 4 is 40.7 Å². The second-order valence-corrected chi connectivity index (χ2v) is 8.48. The van der Waals surface area contributed by atoms with Crippen molar-refractivity contribution in [3.8, 4) is 5.69 Å². The number of amidine groups is 1. The summed E-state index contributed by atoms with van der Waals surface area (Å²) in [5, 5.41) is 13.8. The van der Waals surface area contributed by atoms with Gasteiger partial charge in [0.15, 0.2) is 10.9 Å². The molecule has 1 aromatic heterocycles. The van der Waals surface area contributed by atoms with Gasteiger partial charge in [-0.3, -0.25) is 19.1 Å². The van der Waals surface area contributed by atoms with Crippen molar-refractivity contribution in [2.24, 2.45) is 17.1 Å². The van der Waals surface area contributed by atoms with Gasteiger partial charge in [-0.15, -0.1) is 0 Å². The van der Waals surface area contributed by atoms with Gasteiger partial charge < -0.3 is 5.11 Å². The summed E-state index contributed by atoms with van der Waals surface area (Å²) in [5.41, 5.74) is 1.84. The third-order valence-corrected chi connectivity index (χ3v) is 6.25. The Hall–Kier alpha value is -3.92. The number of aromatic nitrogens is 2. The number of hydrazone groups is 1. The Labute approximate surface area is 193 Å². The van der Waals surface area contributed by atoms with Crippen molar-refractivity contribution in [1.29, 1.82) is 0 Å². The fraction of sp³-hybridized carbons (Fsp3) is 0.174. The maximum Gasteiger partial charge on any atom is 0.305 e. The van der Waals surface area contributed by atoms with Crippen molar-refractivity contribution in [2.75, 3.05) is 0 Å². The first-order valence-electron chi connectivity index (χ1n) is 10.1. The SMILES string of the molecule is Cc1c(N=C2SC(CC(=O)O)C(=O)N2/N=C/c2ccccc2)c(=O)n(-c2ccccc2)n1C. The van der Waals surface area contributed by atoms with Gasteiger partial charge in [-0.2, -0.15) is 10.1 Å². The van der Waals surface area contributed by atoms with Crippen molar-refractivity contribution in [2.45, 2.75) is 18.6 Å². The predicted molar refractivity (Wildman–Crippen MR) is 127 cm³/mol. The van der Waals surface area contributed by atoms with Crippen LogP contribution in [0.25, 0.3) is 5.69 Å². The zero-order valence-corrected chi connectivity index (χ0v) is 18.8. The van der Waals surface area contributed by atoms with E-state index in [4.69, 9.17) is 0 Å². The van der Waals surface area contributed by atoms with E-state index < -0.39 is 17.1 Å². The van der Waals surface area contributed by atoms with Gasteiger partial charge in [0, 0.05) is 7.05 Å². The summed E-state index contributed by atoms with van der Waals surface area (Å²) in [5.74, 6) is -1.60. The quantitative estimate of drug-likeness (QED) is 0.566. The maximum atomic E-state index is 13.2. The van der Waals surface area contributed by atoms with E-state index >= 15 is 0 Å². The van der Waals surface area contributed by atoms with Crippen LogP contribution in [-0.4, -0.2) is 48.0 Å². The minimum atomic E-state index is -1.10. The number of carboxylic acids is 1. The fourth-order valence-corrected chi connectivity index (χ4v) is 4.43. The number of hydrogen-bond donors (Lipinski definition) is 1. The molecular formula is C23H21N5O4S. The molecule has 1 N–H and O–H groups in total. The third-order valence-electron chi connectivity index (χ3n) is 5.13. The molecular weight excluding hydrogens is 442 g/mol. The lowest BCUT2D eigenvalue weighted by Gasteiger charge is -2.09. The molecule has 3 aromatic rings. The van der Waals surface area contributed by atoms with Crippen LogP contribution in [0.2, 0.25) is 0 Å². The molecule has 1 unspecified atom stereocenters. The molecule has 2 heterocycles. The summed E-state index contributed by atoms with van der Waals surface area (Å²) in [4.78, 5) is 41.8. The normalized spacial score (nSPS) is 17.4. The van der Waals surface area contributed by atoms with Gasteiger partial charge in [-0.25, -0.2) is 9.67 Å². The molecule has 1 aliphatic heterocycles. The highest BCUT2D eigenvalue weighted by Crippen LogP contribution is 2.32. The number of nitrogens with zero attached hydrogens (tertiary/aromatic N) is 5. The molecule has 1 aliphatic rings. The smallest absolute Gasteiger partial charge is 0.305 e. The number of carbonyl (C=O) groups is 2. The molecule has 9 nitrogen and oxygen atoms in total. The molecule has 0 radical (unpaired) electrons. The van der Waals surface area contributed by atoms with Gasteiger partial charge in [-0.1, -0.05) is 60.3 Å². The number of carbonyl (C=O) groups excluding carboxylic acids is 1. The van der Waals surface area contributed by atoms with Gasteiger partial charge in [0.1, 0.15) is 5.25 Å². The van der Waals surface area contributed by atoms with Crippen LogP contribution in [0.5, 0.6) is 0 Å². The molecule has 0 spiro atoms. The maximum absolute atomic E-state index is 13.2. The third kappa shape index (κ3) is 4.51. The Kier molecular flexibility index (Phi) is 6.27. The van der Waals surface area contributed by atoms with Crippen molar-refractivity contribution in [1.82, 2.24) is 14.4 Å². The molecule has 2 aromatic carbocycles. The molecule has 1 amide bonds. The number of benzene rings is 2. The summed E-state index contributed by atoms with van der Waals surface area (Å²) in [6.07, 6.45) is 1.12. The van der Waals surface area contributed by atoms with Crippen LogP contribution >= 0.6 is 11.8 Å². The number of aliphatic carboxylic acids is 1. The van der Waals surface area contributed by atoms with Crippen LogP contribution in [0, 0.1) is 6.92 Å². The summed E-state index contributed by atoms with van der Waals surface area (Å²) in [6.45, 7) is 1.76. The molecule has 1 fully saturated rings. The van der Waals surface area contributed by atoms with E-state index in [1.165, 1.54) is 10.9 Å². The molecule has 0 aliphatic carbocycles. The lowest BCUT2D eigenvalue weighted by atomic mass is 10.2. The van der Waals surface area contributed by atoms with Gasteiger partial charge in [0.05, 0.1) is 24.0 Å². The minimum Gasteiger partial charge on any atom is -0.481 e. The Morgan fingerprint density at radius 1 is 1.09 bits per heavy atom. The van der Waals surface area contributed by atoms with E-state index in [9.17, 15) is 19.5 Å². The highest BCUT2D eigenvalue weighted by Gasteiger charge is 2.40. The number of rotatable bonds is 6. The number of aliphatic imine (C=N–C) groups is 1. The molecule has 168 valence electrons. The van der Waals surface area contributed by atoms with Crippen LogP contribution in [0.4, 0.5) is 5.69 Å². The molecule has 1 atom stereocenters. The highest BCUT2D eigenvalue weighted by molar-refractivity contribution is 8.15. The number of para-hydroxylation sites is 1. The zero-order valence-electron chi connectivity index (χ0n) is 18.0. The summed E-state index contributed by atoms with van der Waals surface area (Å²) < 4.78 is 3.17. The van der Waals surface area contributed by atoms with Gasteiger partial charge in [0.25, 0.3) is 11.5 Å². The van der Waals surface area contributed by atoms with E-state index in [-0.39, 0.29) is 22.8 Å². The fourth-order valence-electron chi connectivity index (χ4n) is 3.37. The Balaban J connectivity index is 1.77. The first-order valence-corrected chi connectivity index (χ1v) is 11.0. The number of amides is 1. The molecule has 33 heavy (non-hydrogen) atoms. The lowest BCUT2D eigenvalue weighted by Crippen LogP contribution is -2.28. The second kappa shape index (κ2) is 9.29. The lowest BCUT2D eigenvalue weighted by molar-refractivity contribution is -0.139. The zero-order chi connectivity index (χ0) is 23.5. The first kappa shape index (κ1) is 22.3. The van der Waals surface area contributed by atoms with Crippen LogP contribution < -0.4 is 5.56 Å². The summed E-state index contributed by atoms with van der Waals surface area (Å²) in [7, 11) is 1.75. The van der Waals surface area contributed by atoms with Gasteiger partial charge >= 0.3 is 5.97 Å². The Bertz CT molecular complexity index is 1310. The highest BCUT2D eigenvalue weighted by atomic mass is 32.2. The average molecular weight is 464 g/mol. The minimum absolute atomic E-state index is 0.157. The van der Waals surface area contributed by atoms with Crippen molar-refractivity contribution in [3.63, 3.8) is 0 Å². The number of hydrogen-bond acceptors (Lipinski definition) is 6. The van der Waals surface area contributed by atoms with E-state index in [1.54, 1.807) is 18.7 Å². The topological polar surface area (TPSA) is 109 Å². The van der Waals surface area contributed by atoms with Crippen LogP contribution in [0.3, 0.4) is 0 Å². The molecule has 10 heteroatoms. The average Bonchev–Trinajstić information content (AvgIpc) is 3.21. The summed E-state index contributed by atoms with van der Waals surface area (Å²) >= 11 is 0.988. The molecule has 4 rings (SSSR count). The van der Waals surface area contributed by atoms with Crippen LogP contribution in [-0.2, 0) is 16.6 Å². The van der Waals surface area contributed by atoms with Crippen LogP contribution in [0.1, 0.15) is 17.7 Å². The predicted octanol–water partition coefficient (Wildman–Crippen LogP) is 2.92. The van der Waals surface area contributed by atoms with Crippen LogP contribution in [0.15, 0.2) is 75.6 Å². The Morgan fingerprint density at radius 2 is 1.73 bits per heavy atom. The molecule has 0 saturated carbocycles. The van der Waals surface area contributed by atoms with Crippen molar-refractivity contribution in [3.05, 3.63) is 82.3 Å². The van der Waals surface area contributed by atoms with Crippen molar-refractivity contribution < 1.29 is 14.7 Å². The molecule has 1 saturated heterocycles. The number of thioether (sulfide) groups is 1. The standard InChI is InChI=1S/C23H21N5O4S/c1-15-20(22(32)28(26(15)2)17-11-7-4-8-12-17)25-23-27(21(31)18(33-23)13-19(29)30)24-14-16-9-5-3-6-10-16/h3-12,14,18H,13H2,1-2H3,(H,29,30)/b24-14+,25-23?. The summed E-state index contributed by atoms with van der Waals surface area (Å²) in [6, 6.07) is 18.3. The first-order chi connectivity index (χ1) is 15.9. The van der Waals surface area contributed by atoms with Gasteiger partial charge in [-0.05, 0) is 24.6 Å². The Morgan fingerprint density at radius 3 is 2.36 bits per heavy atom. The van der Waals surface area contributed by atoms with E-state index in [0.717, 1.165) is 22.3 Å². The monoisotopic (exact) mass is 463 g/mol. The van der Waals surface area contributed by atoms with E-state index in [0.29, 0.717) is 11.4 Å².